The molecule has 0 saturated carbocycles. The van der Waals surface area contributed by atoms with Crippen molar-refractivity contribution in [1.29, 1.82) is 0 Å². The highest BCUT2D eigenvalue weighted by atomic mass is 16.5. The van der Waals surface area contributed by atoms with E-state index in [-0.39, 0.29) is 23.8 Å². The Hall–Kier alpha value is -2.82. The molecule has 0 aliphatic rings. The summed E-state index contributed by atoms with van der Waals surface area (Å²) in [6, 6.07) is 15.5. The third-order valence-electron chi connectivity index (χ3n) is 4.50. The number of likely N-dealkylation sites (N-methyl/N-ethyl adjacent to an activating group) is 1. The van der Waals surface area contributed by atoms with E-state index in [0.29, 0.717) is 17.9 Å². The number of nitrogens with one attached hydrogen (secondary N) is 1. The second-order valence-electron chi connectivity index (χ2n) is 8.03. The van der Waals surface area contributed by atoms with E-state index in [4.69, 9.17) is 4.74 Å². The molecule has 0 aliphatic carbocycles. The molecule has 28 heavy (non-hydrogen) atoms. The fourth-order valence-electron chi connectivity index (χ4n) is 2.64. The van der Waals surface area contributed by atoms with E-state index >= 15 is 0 Å². The van der Waals surface area contributed by atoms with Gasteiger partial charge < -0.3 is 15.0 Å². The molecule has 0 bridgehead atoms. The monoisotopic (exact) mass is 382 g/mol. The van der Waals surface area contributed by atoms with Gasteiger partial charge in [0.1, 0.15) is 5.75 Å². The minimum absolute atomic E-state index is 0.0998. The molecule has 150 valence electrons. The summed E-state index contributed by atoms with van der Waals surface area (Å²) in [4.78, 5) is 25.7. The number of hydrogen-bond acceptors (Lipinski definition) is 3. The number of nitrogens with zero attached hydrogens (tertiary/aromatic N) is 1. The first-order valence-electron chi connectivity index (χ1n) is 9.48. The quantitative estimate of drug-likeness (QED) is 0.798. The molecule has 0 aromatic heterocycles. The minimum atomic E-state index is -0.209. The van der Waals surface area contributed by atoms with Crippen molar-refractivity contribution < 1.29 is 14.3 Å². The maximum Gasteiger partial charge on any atom is 0.259 e. The Bertz CT molecular complexity index is 805. The second-order valence-corrected chi connectivity index (χ2v) is 8.03. The Balaban J connectivity index is 1.92. The van der Waals surface area contributed by atoms with Crippen LogP contribution in [-0.4, -0.2) is 44.0 Å². The highest BCUT2D eigenvalue weighted by Crippen LogP contribution is 2.22. The molecule has 0 unspecified atom stereocenters. The highest BCUT2D eigenvalue weighted by molar-refractivity contribution is 5.97. The number of benzene rings is 2. The van der Waals surface area contributed by atoms with Gasteiger partial charge in [-0.25, -0.2) is 0 Å². The number of para-hydroxylation sites is 1. The van der Waals surface area contributed by atoms with Gasteiger partial charge in [-0.2, -0.15) is 0 Å². The first-order chi connectivity index (χ1) is 13.2. The zero-order chi connectivity index (χ0) is 20.7. The molecule has 2 aromatic carbocycles. The van der Waals surface area contributed by atoms with Crippen molar-refractivity contribution in [1.82, 2.24) is 10.2 Å². The van der Waals surface area contributed by atoms with Crippen molar-refractivity contribution in [3.05, 3.63) is 65.2 Å². The maximum absolute atomic E-state index is 12.5. The largest absolute Gasteiger partial charge is 0.483 e. The first kappa shape index (κ1) is 21.5. The predicted molar refractivity (Wildman–Crippen MR) is 112 cm³/mol. The van der Waals surface area contributed by atoms with Crippen molar-refractivity contribution in [2.75, 3.05) is 27.2 Å². The van der Waals surface area contributed by atoms with Crippen LogP contribution in [0.3, 0.4) is 0 Å². The van der Waals surface area contributed by atoms with E-state index in [9.17, 15) is 9.59 Å². The van der Waals surface area contributed by atoms with E-state index in [1.165, 1.54) is 16.0 Å². The van der Waals surface area contributed by atoms with Crippen LogP contribution in [0.15, 0.2) is 48.5 Å². The summed E-state index contributed by atoms with van der Waals surface area (Å²) in [7, 11) is 3.33. The molecule has 5 nitrogen and oxygen atoms in total. The molecule has 0 atom stereocenters. The lowest BCUT2D eigenvalue weighted by atomic mass is 9.86. The van der Waals surface area contributed by atoms with Crippen molar-refractivity contribution in [3.8, 4) is 5.75 Å². The Morgan fingerprint density at radius 3 is 2.25 bits per heavy atom. The fourth-order valence-corrected chi connectivity index (χ4v) is 2.64. The molecule has 2 aromatic rings. The van der Waals surface area contributed by atoms with Gasteiger partial charge in [-0.1, -0.05) is 57.2 Å². The normalized spacial score (nSPS) is 11.0. The van der Waals surface area contributed by atoms with Crippen LogP contribution in [0, 0.1) is 0 Å². The lowest BCUT2D eigenvalue weighted by Gasteiger charge is -2.19. The molecule has 0 aliphatic heterocycles. The molecule has 0 saturated heterocycles. The summed E-state index contributed by atoms with van der Waals surface area (Å²) < 4.78 is 5.54. The summed E-state index contributed by atoms with van der Waals surface area (Å²) in [5, 5.41) is 2.93. The molecule has 0 fully saturated rings. The molecule has 0 radical (unpaired) electrons. The topological polar surface area (TPSA) is 58.6 Å². The van der Waals surface area contributed by atoms with Crippen LogP contribution in [0.1, 0.15) is 42.3 Å². The standard InChI is InChI=1S/C23H30N2O3/c1-23(2,3)18-12-10-17(11-13-18)14-15-24-22(27)19-8-6-7-9-20(19)28-16-21(26)25(4)5/h6-13H,14-16H2,1-5H3,(H,24,27). The van der Waals surface area contributed by atoms with Gasteiger partial charge in [-0.3, -0.25) is 9.59 Å². The van der Waals surface area contributed by atoms with E-state index in [1.807, 2.05) is 0 Å². The molecule has 2 rings (SSSR count). The number of amides is 2. The number of rotatable bonds is 7. The Kier molecular flexibility index (Phi) is 7.21. The highest BCUT2D eigenvalue weighted by Gasteiger charge is 2.14. The van der Waals surface area contributed by atoms with Gasteiger partial charge in [0.25, 0.3) is 11.8 Å². The molecule has 1 N–H and O–H groups in total. The summed E-state index contributed by atoms with van der Waals surface area (Å²) in [5.41, 5.74) is 3.02. The number of carbonyl (C=O) groups is 2. The number of carbonyl (C=O) groups excluding carboxylic acids is 2. The summed E-state index contributed by atoms with van der Waals surface area (Å²) >= 11 is 0. The van der Waals surface area contributed by atoms with E-state index < -0.39 is 0 Å². The number of ether oxygens (including phenoxy) is 1. The predicted octanol–water partition coefficient (Wildman–Crippen LogP) is 3.42. The van der Waals surface area contributed by atoms with Crippen LogP contribution in [0.2, 0.25) is 0 Å². The van der Waals surface area contributed by atoms with E-state index in [0.717, 1.165) is 6.42 Å². The van der Waals surface area contributed by atoms with Crippen LogP contribution in [0.5, 0.6) is 5.75 Å². The summed E-state index contributed by atoms with van der Waals surface area (Å²) in [6.07, 6.45) is 0.748. The smallest absolute Gasteiger partial charge is 0.259 e. The van der Waals surface area contributed by atoms with Gasteiger partial charge in [-0.15, -0.1) is 0 Å². The molecule has 2 amide bonds. The van der Waals surface area contributed by atoms with Gasteiger partial charge in [0.15, 0.2) is 6.61 Å². The van der Waals surface area contributed by atoms with Crippen LogP contribution in [0.4, 0.5) is 0 Å². The lowest BCUT2D eigenvalue weighted by molar-refractivity contribution is -0.130. The molecular formula is C23H30N2O3. The molecular weight excluding hydrogens is 352 g/mol. The SMILES string of the molecule is CN(C)C(=O)COc1ccccc1C(=O)NCCc1ccc(C(C)(C)C)cc1. The van der Waals surface area contributed by atoms with Gasteiger partial charge in [0.2, 0.25) is 0 Å². The molecule has 0 heterocycles. The van der Waals surface area contributed by atoms with Crippen LogP contribution in [-0.2, 0) is 16.6 Å². The molecule has 0 spiro atoms. The Morgan fingerprint density at radius 2 is 1.64 bits per heavy atom. The maximum atomic E-state index is 12.5. The zero-order valence-corrected chi connectivity index (χ0v) is 17.4. The van der Waals surface area contributed by atoms with E-state index in [1.54, 1.807) is 38.4 Å². The van der Waals surface area contributed by atoms with Crippen molar-refractivity contribution in [2.24, 2.45) is 0 Å². The Labute approximate surface area is 167 Å². The van der Waals surface area contributed by atoms with Crippen molar-refractivity contribution in [3.63, 3.8) is 0 Å². The number of hydrogen-bond donors (Lipinski definition) is 1. The first-order valence-corrected chi connectivity index (χ1v) is 9.48. The van der Waals surface area contributed by atoms with E-state index in [2.05, 4.69) is 50.4 Å². The molecule has 5 heteroatoms. The van der Waals surface area contributed by atoms with Crippen molar-refractivity contribution >= 4 is 11.8 Å². The van der Waals surface area contributed by atoms with Gasteiger partial charge >= 0.3 is 0 Å². The minimum Gasteiger partial charge on any atom is -0.483 e. The van der Waals surface area contributed by atoms with Gasteiger partial charge in [-0.05, 0) is 35.1 Å². The van der Waals surface area contributed by atoms with Crippen molar-refractivity contribution in [2.45, 2.75) is 32.6 Å². The van der Waals surface area contributed by atoms with Gasteiger partial charge in [0, 0.05) is 20.6 Å². The lowest BCUT2D eigenvalue weighted by Crippen LogP contribution is -2.29. The Morgan fingerprint density at radius 1 is 1.00 bits per heavy atom. The third kappa shape index (κ3) is 6.12. The van der Waals surface area contributed by atoms with Gasteiger partial charge in [0.05, 0.1) is 5.56 Å². The second kappa shape index (κ2) is 9.40. The average Bonchev–Trinajstić information content (AvgIpc) is 2.65. The summed E-state index contributed by atoms with van der Waals surface area (Å²) in [5.74, 6) is 0.0397. The van der Waals surface area contributed by atoms with Crippen LogP contribution < -0.4 is 10.1 Å². The fraction of sp³-hybridized carbons (Fsp3) is 0.391. The summed E-state index contributed by atoms with van der Waals surface area (Å²) in [6.45, 7) is 6.99. The van der Waals surface area contributed by atoms with Crippen LogP contribution >= 0.6 is 0 Å². The zero-order valence-electron chi connectivity index (χ0n) is 17.4. The third-order valence-corrected chi connectivity index (χ3v) is 4.50. The average molecular weight is 383 g/mol. The van der Waals surface area contributed by atoms with Crippen LogP contribution in [0.25, 0.3) is 0 Å².